The zero-order valence-corrected chi connectivity index (χ0v) is 12.5. The highest BCUT2D eigenvalue weighted by molar-refractivity contribution is 5.97. The van der Waals surface area contributed by atoms with Crippen LogP contribution in [0.4, 0.5) is 0 Å². The van der Waals surface area contributed by atoms with E-state index < -0.39 is 0 Å². The second-order valence-corrected chi connectivity index (χ2v) is 6.11. The van der Waals surface area contributed by atoms with Gasteiger partial charge in [0.25, 0.3) is 5.91 Å². The molecule has 5 heteroatoms. The van der Waals surface area contributed by atoms with Crippen molar-refractivity contribution >= 4 is 17.2 Å². The number of rotatable bonds is 5. The normalized spacial score (nSPS) is 16.1. The molecule has 1 amide bonds. The monoisotopic (exact) mass is 274 g/mol. The number of allylic oxidation sites excluding steroid dienone is 2. The largest absolute Gasteiger partial charge is 0.344 e. The van der Waals surface area contributed by atoms with E-state index in [9.17, 15) is 4.79 Å². The van der Waals surface area contributed by atoms with Gasteiger partial charge in [-0.15, -0.1) is 0 Å². The summed E-state index contributed by atoms with van der Waals surface area (Å²) in [6.07, 6.45) is 5.73. The molecule has 3 N–H and O–H groups in total. The van der Waals surface area contributed by atoms with Crippen molar-refractivity contribution in [2.75, 3.05) is 0 Å². The average molecular weight is 274 g/mol. The lowest BCUT2D eigenvalue weighted by Gasteiger charge is -2.25. The molecule has 1 heterocycles. The van der Waals surface area contributed by atoms with Crippen LogP contribution in [0.1, 0.15) is 56.8 Å². The Morgan fingerprint density at radius 2 is 2.15 bits per heavy atom. The Labute approximate surface area is 119 Å². The van der Waals surface area contributed by atoms with Crippen molar-refractivity contribution in [3.8, 4) is 0 Å². The average Bonchev–Trinajstić information content (AvgIpc) is 3.06. The van der Waals surface area contributed by atoms with Gasteiger partial charge in [-0.05, 0) is 58.1 Å². The summed E-state index contributed by atoms with van der Waals surface area (Å²) in [6.45, 7) is 7.71. The smallest absolute Gasteiger partial charge is 0.287 e. The Hall–Kier alpha value is -1.91. The topological polar surface area (TPSA) is 81.6 Å². The molecule has 0 atom stereocenters. The Balaban J connectivity index is 2.08. The molecule has 0 bridgehead atoms. The number of aromatic amines is 1. The first-order valence-electron chi connectivity index (χ1n) is 6.91. The van der Waals surface area contributed by atoms with Crippen molar-refractivity contribution in [2.45, 2.75) is 46.1 Å². The van der Waals surface area contributed by atoms with Gasteiger partial charge in [-0.2, -0.15) is 0 Å². The molecule has 108 valence electrons. The summed E-state index contributed by atoms with van der Waals surface area (Å²) >= 11 is 0. The molecule has 0 aliphatic heterocycles. The molecule has 2 rings (SSSR count). The van der Waals surface area contributed by atoms with Gasteiger partial charge < -0.3 is 15.7 Å². The van der Waals surface area contributed by atoms with E-state index in [0.717, 1.165) is 11.3 Å². The SMILES string of the molecule is CC(=N)/C=C(/C)c1cnc(C(=O)NC(C)(C)C2CC2)[nH]1. The minimum atomic E-state index is -0.180. The van der Waals surface area contributed by atoms with Crippen LogP contribution in [0.5, 0.6) is 0 Å². The van der Waals surface area contributed by atoms with Crippen molar-refractivity contribution in [2.24, 2.45) is 5.92 Å². The minimum absolute atomic E-state index is 0.174. The number of amides is 1. The second-order valence-electron chi connectivity index (χ2n) is 6.11. The molecule has 0 saturated heterocycles. The number of nitrogens with zero attached hydrogens (tertiary/aromatic N) is 1. The Bertz CT molecular complexity index is 564. The van der Waals surface area contributed by atoms with Crippen molar-refractivity contribution < 1.29 is 4.79 Å². The predicted octanol–water partition coefficient (Wildman–Crippen LogP) is 2.77. The lowest BCUT2D eigenvalue weighted by molar-refractivity contribution is 0.0893. The van der Waals surface area contributed by atoms with Gasteiger partial charge in [-0.1, -0.05) is 0 Å². The molecule has 5 nitrogen and oxygen atoms in total. The molecule has 0 spiro atoms. The number of imidazole rings is 1. The lowest BCUT2D eigenvalue weighted by Crippen LogP contribution is -2.45. The van der Waals surface area contributed by atoms with Gasteiger partial charge in [0.2, 0.25) is 0 Å². The predicted molar refractivity (Wildman–Crippen MR) is 79.9 cm³/mol. The van der Waals surface area contributed by atoms with Crippen LogP contribution in [-0.2, 0) is 0 Å². The molecule has 1 aliphatic rings. The fourth-order valence-corrected chi connectivity index (χ4v) is 2.30. The van der Waals surface area contributed by atoms with E-state index in [4.69, 9.17) is 5.41 Å². The first-order valence-corrected chi connectivity index (χ1v) is 6.91. The number of carbonyl (C=O) groups excluding carboxylic acids is 1. The maximum absolute atomic E-state index is 12.2. The molecule has 1 saturated carbocycles. The first-order chi connectivity index (χ1) is 9.29. The van der Waals surface area contributed by atoms with E-state index in [2.05, 4.69) is 29.1 Å². The van der Waals surface area contributed by atoms with Crippen LogP contribution < -0.4 is 5.32 Å². The number of aromatic nitrogens is 2. The minimum Gasteiger partial charge on any atom is -0.344 e. The van der Waals surface area contributed by atoms with Gasteiger partial charge in [0, 0.05) is 11.3 Å². The lowest BCUT2D eigenvalue weighted by atomic mass is 9.99. The van der Waals surface area contributed by atoms with Crippen LogP contribution >= 0.6 is 0 Å². The summed E-state index contributed by atoms with van der Waals surface area (Å²) in [5.74, 6) is 0.722. The molecule has 0 radical (unpaired) electrons. The van der Waals surface area contributed by atoms with E-state index >= 15 is 0 Å². The molecule has 1 fully saturated rings. The molecular weight excluding hydrogens is 252 g/mol. The van der Waals surface area contributed by atoms with Gasteiger partial charge in [-0.25, -0.2) is 4.98 Å². The molecule has 1 aliphatic carbocycles. The van der Waals surface area contributed by atoms with Gasteiger partial charge in [0.15, 0.2) is 5.82 Å². The highest BCUT2D eigenvalue weighted by atomic mass is 16.2. The molecule has 1 aromatic heterocycles. The molecule has 0 aromatic carbocycles. The van der Waals surface area contributed by atoms with E-state index in [1.807, 2.05) is 6.92 Å². The van der Waals surface area contributed by atoms with Gasteiger partial charge in [0.1, 0.15) is 0 Å². The summed E-state index contributed by atoms with van der Waals surface area (Å²) < 4.78 is 0. The van der Waals surface area contributed by atoms with Crippen LogP contribution in [0.25, 0.3) is 5.57 Å². The van der Waals surface area contributed by atoms with Crippen LogP contribution in [0.3, 0.4) is 0 Å². The van der Waals surface area contributed by atoms with Crippen molar-refractivity contribution in [3.05, 3.63) is 23.8 Å². The van der Waals surface area contributed by atoms with Crippen LogP contribution in [0, 0.1) is 11.3 Å². The maximum Gasteiger partial charge on any atom is 0.287 e. The zero-order valence-electron chi connectivity index (χ0n) is 12.5. The number of nitrogens with one attached hydrogen (secondary N) is 3. The first kappa shape index (κ1) is 14.5. The Morgan fingerprint density at radius 3 is 2.70 bits per heavy atom. The van der Waals surface area contributed by atoms with Gasteiger partial charge in [0.05, 0.1) is 11.9 Å². The summed E-state index contributed by atoms with van der Waals surface area (Å²) in [4.78, 5) is 19.3. The Morgan fingerprint density at radius 1 is 1.50 bits per heavy atom. The highest BCUT2D eigenvalue weighted by Crippen LogP contribution is 2.39. The van der Waals surface area contributed by atoms with E-state index in [1.165, 1.54) is 12.8 Å². The summed E-state index contributed by atoms with van der Waals surface area (Å²) in [5.41, 5.74) is 1.95. The third-order valence-electron chi connectivity index (χ3n) is 3.68. The third-order valence-corrected chi connectivity index (χ3v) is 3.68. The van der Waals surface area contributed by atoms with Crippen molar-refractivity contribution in [3.63, 3.8) is 0 Å². The summed E-state index contributed by atoms with van der Waals surface area (Å²) in [7, 11) is 0. The van der Waals surface area contributed by atoms with Crippen molar-refractivity contribution in [1.82, 2.24) is 15.3 Å². The van der Waals surface area contributed by atoms with Gasteiger partial charge >= 0.3 is 0 Å². The molecular formula is C15H22N4O. The summed E-state index contributed by atoms with van der Waals surface area (Å²) in [5, 5.41) is 10.5. The van der Waals surface area contributed by atoms with Crippen LogP contribution in [0.15, 0.2) is 12.3 Å². The maximum atomic E-state index is 12.2. The molecule has 1 aromatic rings. The number of hydrogen-bond acceptors (Lipinski definition) is 3. The molecule has 0 unspecified atom stereocenters. The molecule has 20 heavy (non-hydrogen) atoms. The van der Waals surface area contributed by atoms with E-state index in [-0.39, 0.29) is 11.4 Å². The van der Waals surface area contributed by atoms with Crippen LogP contribution in [0.2, 0.25) is 0 Å². The fraction of sp³-hybridized carbons (Fsp3) is 0.533. The van der Waals surface area contributed by atoms with Gasteiger partial charge in [-0.3, -0.25) is 4.79 Å². The fourth-order valence-electron chi connectivity index (χ4n) is 2.30. The number of hydrogen-bond donors (Lipinski definition) is 3. The quantitative estimate of drug-likeness (QED) is 0.722. The zero-order chi connectivity index (χ0) is 14.9. The third kappa shape index (κ3) is 3.35. The standard InChI is InChI=1S/C15H22N4O/c1-9(7-10(2)16)12-8-17-13(18-12)14(20)19-15(3,4)11-5-6-11/h7-8,11,16H,5-6H2,1-4H3,(H,17,18)(H,19,20)/b9-7-,16-10?. The van der Waals surface area contributed by atoms with E-state index in [0.29, 0.717) is 17.5 Å². The number of carbonyl (C=O) groups is 1. The van der Waals surface area contributed by atoms with E-state index in [1.54, 1.807) is 19.2 Å². The highest BCUT2D eigenvalue weighted by Gasteiger charge is 2.39. The van der Waals surface area contributed by atoms with Crippen LogP contribution in [-0.4, -0.2) is 27.1 Å². The second kappa shape index (κ2) is 5.23. The number of H-pyrrole nitrogens is 1. The van der Waals surface area contributed by atoms with Crippen molar-refractivity contribution in [1.29, 1.82) is 5.41 Å². The summed E-state index contributed by atoms with van der Waals surface area (Å²) in [6, 6.07) is 0. The Kier molecular flexibility index (Phi) is 3.79.